The third-order valence-corrected chi connectivity index (χ3v) is 6.17. The molecule has 8 heteroatoms. The van der Waals surface area contributed by atoms with Crippen molar-refractivity contribution in [3.63, 3.8) is 0 Å². The van der Waals surface area contributed by atoms with Crippen molar-refractivity contribution < 1.29 is 9.53 Å². The van der Waals surface area contributed by atoms with Crippen LogP contribution in [0.25, 0.3) is 22.3 Å². The second-order valence-electron chi connectivity index (χ2n) is 10.4. The van der Waals surface area contributed by atoms with Crippen LogP contribution in [-0.2, 0) is 11.8 Å². The van der Waals surface area contributed by atoms with Crippen molar-refractivity contribution in [3.8, 4) is 11.3 Å². The van der Waals surface area contributed by atoms with Gasteiger partial charge in [-0.3, -0.25) is 14.6 Å². The van der Waals surface area contributed by atoms with E-state index in [1.165, 1.54) is 12.8 Å². The van der Waals surface area contributed by atoms with Gasteiger partial charge in [-0.15, -0.1) is 0 Å². The maximum absolute atomic E-state index is 12.7. The summed E-state index contributed by atoms with van der Waals surface area (Å²) in [7, 11) is 3.63. The van der Waals surface area contributed by atoms with Crippen LogP contribution >= 0.6 is 0 Å². The largest absolute Gasteiger partial charge is 0.443 e. The number of carbonyl (C=O) groups excluding carboxylic acids is 1. The van der Waals surface area contributed by atoms with Crippen LogP contribution in [0.1, 0.15) is 33.6 Å². The van der Waals surface area contributed by atoms with Gasteiger partial charge >= 0.3 is 6.09 Å². The lowest BCUT2D eigenvalue weighted by Crippen LogP contribution is -2.34. The van der Waals surface area contributed by atoms with Crippen LogP contribution in [0.5, 0.6) is 0 Å². The number of fused-ring (bicyclic) bond motifs is 1. The molecule has 1 fully saturated rings. The third-order valence-electron chi connectivity index (χ3n) is 6.17. The van der Waals surface area contributed by atoms with Gasteiger partial charge in [0.2, 0.25) is 0 Å². The quantitative estimate of drug-likeness (QED) is 0.337. The van der Waals surface area contributed by atoms with Gasteiger partial charge in [0, 0.05) is 49.5 Å². The topological polar surface area (TPSA) is 76.4 Å². The summed E-state index contributed by atoms with van der Waals surface area (Å²) in [6.45, 7) is 6.51. The lowest BCUT2D eigenvalue weighted by atomic mass is 10.1. The van der Waals surface area contributed by atoms with E-state index in [4.69, 9.17) is 9.72 Å². The predicted molar refractivity (Wildman–Crippen MR) is 143 cm³/mol. The molecule has 186 valence electrons. The fourth-order valence-corrected chi connectivity index (χ4v) is 4.08. The molecular formula is C28H32N6O2. The van der Waals surface area contributed by atoms with Crippen molar-refractivity contribution in [2.24, 2.45) is 13.0 Å². The van der Waals surface area contributed by atoms with Crippen LogP contribution in [0.2, 0.25) is 0 Å². The number of carbonyl (C=O) groups is 1. The molecule has 1 aliphatic rings. The summed E-state index contributed by atoms with van der Waals surface area (Å²) in [5.41, 5.74) is 5.69. The summed E-state index contributed by atoms with van der Waals surface area (Å²) >= 11 is 0. The van der Waals surface area contributed by atoms with Crippen molar-refractivity contribution in [2.45, 2.75) is 39.2 Å². The lowest BCUT2D eigenvalue weighted by Gasteiger charge is -2.28. The van der Waals surface area contributed by atoms with Crippen molar-refractivity contribution >= 4 is 34.2 Å². The zero-order valence-corrected chi connectivity index (χ0v) is 21.5. The molecule has 1 saturated carbocycles. The number of anilines is 3. The van der Waals surface area contributed by atoms with E-state index in [9.17, 15) is 4.79 Å². The van der Waals surface area contributed by atoms with Gasteiger partial charge in [0.05, 0.1) is 29.1 Å². The molecule has 1 amide bonds. The van der Waals surface area contributed by atoms with Crippen LogP contribution < -0.4 is 9.80 Å². The second-order valence-corrected chi connectivity index (χ2v) is 10.4. The molecule has 2 aromatic heterocycles. The molecule has 4 aromatic rings. The van der Waals surface area contributed by atoms with Gasteiger partial charge in [-0.05, 0) is 75.9 Å². The Morgan fingerprint density at radius 1 is 1.06 bits per heavy atom. The summed E-state index contributed by atoms with van der Waals surface area (Å²) in [4.78, 5) is 26.0. The summed E-state index contributed by atoms with van der Waals surface area (Å²) in [6.07, 6.45) is 7.60. The van der Waals surface area contributed by atoms with E-state index < -0.39 is 5.60 Å². The van der Waals surface area contributed by atoms with Gasteiger partial charge in [-0.25, -0.2) is 9.78 Å². The fourth-order valence-electron chi connectivity index (χ4n) is 4.08. The van der Waals surface area contributed by atoms with E-state index in [0.29, 0.717) is 5.92 Å². The Hall–Kier alpha value is -3.94. The number of hydrogen-bond donors (Lipinski definition) is 0. The first-order chi connectivity index (χ1) is 17.2. The molecule has 0 unspecified atom stereocenters. The molecule has 0 N–H and O–H groups in total. The number of rotatable bonds is 6. The Balaban J connectivity index is 1.49. The normalized spacial score (nSPS) is 13.6. The molecular weight excluding hydrogens is 452 g/mol. The van der Waals surface area contributed by atoms with Gasteiger partial charge in [-0.2, -0.15) is 5.10 Å². The predicted octanol–water partition coefficient (Wildman–Crippen LogP) is 5.95. The molecule has 1 aliphatic carbocycles. The Kier molecular flexibility index (Phi) is 6.12. The lowest BCUT2D eigenvalue weighted by molar-refractivity contribution is 0.0589. The zero-order valence-electron chi connectivity index (χ0n) is 21.5. The average Bonchev–Trinajstić information content (AvgIpc) is 3.57. The molecule has 8 nitrogen and oxygen atoms in total. The summed E-state index contributed by atoms with van der Waals surface area (Å²) in [5.74, 6) is 0.653. The smallest absolute Gasteiger partial charge is 0.414 e. The molecule has 0 aliphatic heterocycles. The minimum absolute atomic E-state index is 0.377. The number of aryl methyl sites for hydroxylation is 1. The van der Waals surface area contributed by atoms with Crippen molar-refractivity contribution in [2.75, 3.05) is 23.4 Å². The Morgan fingerprint density at radius 3 is 2.50 bits per heavy atom. The first-order valence-corrected chi connectivity index (χ1v) is 12.3. The number of ether oxygens (including phenoxy) is 1. The highest BCUT2D eigenvalue weighted by Crippen LogP contribution is 2.37. The molecule has 0 saturated heterocycles. The van der Waals surface area contributed by atoms with E-state index >= 15 is 0 Å². The first-order valence-electron chi connectivity index (χ1n) is 12.3. The number of hydrogen-bond acceptors (Lipinski definition) is 6. The summed E-state index contributed by atoms with van der Waals surface area (Å²) < 4.78 is 7.32. The van der Waals surface area contributed by atoms with Gasteiger partial charge < -0.3 is 9.64 Å². The Morgan fingerprint density at radius 2 is 1.81 bits per heavy atom. The molecule has 0 radical (unpaired) electrons. The van der Waals surface area contributed by atoms with E-state index in [0.717, 1.165) is 45.9 Å². The van der Waals surface area contributed by atoms with Crippen LogP contribution in [0.3, 0.4) is 0 Å². The highest BCUT2D eigenvalue weighted by molar-refractivity contribution is 5.89. The van der Waals surface area contributed by atoms with Crippen molar-refractivity contribution in [1.29, 1.82) is 0 Å². The highest BCUT2D eigenvalue weighted by atomic mass is 16.6. The SMILES string of the molecule is CN(C(=O)OC(C)(C)C)c1cccc(N(CC2CC2)c2ccc3ncc(-c4cnn(C)c4)nc3c2)c1. The first kappa shape index (κ1) is 23.8. The van der Waals surface area contributed by atoms with Crippen molar-refractivity contribution in [1.82, 2.24) is 19.7 Å². The third kappa shape index (κ3) is 5.32. The number of aromatic nitrogens is 4. The fraction of sp³-hybridized carbons (Fsp3) is 0.357. The minimum Gasteiger partial charge on any atom is -0.443 e. The van der Waals surface area contributed by atoms with Gasteiger partial charge in [-0.1, -0.05) is 6.07 Å². The van der Waals surface area contributed by atoms with E-state index in [1.807, 2.05) is 58.3 Å². The minimum atomic E-state index is -0.554. The maximum atomic E-state index is 12.7. The van der Waals surface area contributed by atoms with Crippen LogP contribution in [-0.4, -0.2) is 45.0 Å². The summed E-state index contributed by atoms with van der Waals surface area (Å²) in [5, 5.41) is 4.26. The molecule has 2 aromatic carbocycles. The molecule has 5 rings (SSSR count). The maximum Gasteiger partial charge on any atom is 0.414 e. The number of nitrogens with zero attached hydrogens (tertiary/aromatic N) is 6. The Labute approximate surface area is 211 Å². The standard InChI is InChI=1S/C28H32N6O2/c1-28(2,3)36-27(35)33(5)21-7-6-8-22(13-21)34(17-19-9-10-19)23-11-12-24-25(14-23)31-26(16-29-24)20-15-30-32(4)18-20/h6-8,11-16,18-19H,9-10,17H2,1-5H3. The summed E-state index contributed by atoms with van der Waals surface area (Å²) in [6, 6.07) is 14.2. The van der Waals surface area contributed by atoms with E-state index in [1.54, 1.807) is 29.0 Å². The van der Waals surface area contributed by atoms with Crippen LogP contribution in [0.15, 0.2) is 61.1 Å². The zero-order chi connectivity index (χ0) is 25.4. The van der Waals surface area contributed by atoms with Gasteiger partial charge in [0.15, 0.2) is 0 Å². The van der Waals surface area contributed by atoms with Crippen LogP contribution in [0.4, 0.5) is 21.9 Å². The van der Waals surface area contributed by atoms with Crippen LogP contribution in [0, 0.1) is 5.92 Å². The van der Waals surface area contributed by atoms with E-state index in [2.05, 4.69) is 33.2 Å². The molecule has 0 atom stereocenters. The number of amides is 1. The number of benzene rings is 2. The average molecular weight is 485 g/mol. The van der Waals surface area contributed by atoms with Crippen molar-refractivity contribution in [3.05, 3.63) is 61.1 Å². The van der Waals surface area contributed by atoms with E-state index in [-0.39, 0.29) is 6.09 Å². The second kappa shape index (κ2) is 9.26. The molecule has 36 heavy (non-hydrogen) atoms. The Bertz CT molecular complexity index is 1400. The molecule has 2 heterocycles. The van der Waals surface area contributed by atoms with Gasteiger partial charge in [0.25, 0.3) is 0 Å². The highest BCUT2D eigenvalue weighted by Gasteiger charge is 2.26. The van der Waals surface area contributed by atoms with Gasteiger partial charge in [0.1, 0.15) is 5.60 Å². The molecule has 0 bridgehead atoms. The molecule has 0 spiro atoms. The monoisotopic (exact) mass is 484 g/mol.